The van der Waals surface area contributed by atoms with Crippen molar-refractivity contribution in [1.29, 1.82) is 0 Å². The zero-order chi connectivity index (χ0) is 14.3. The zero-order valence-corrected chi connectivity index (χ0v) is 12.1. The second-order valence-corrected chi connectivity index (χ2v) is 4.85. The lowest BCUT2D eigenvalue weighted by Crippen LogP contribution is -2.34. The van der Waals surface area contributed by atoms with E-state index in [1.807, 2.05) is 6.07 Å². The van der Waals surface area contributed by atoms with E-state index >= 15 is 0 Å². The van der Waals surface area contributed by atoms with Crippen LogP contribution in [-0.2, 0) is 4.74 Å². The predicted octanol–water partition coefficient (Wildman–Crippen LogP) is 2.38. The minimum absolute atomic E-state index is 0.0293. The Kier molecular flexibility index (Phi) is 6.84. The molecule has 1 aromatic rings. The van der Waals surface area contributed by atoms with Crippen LogP contribution in [-0.4, -0.2) is 43.8 Å². The van der Waals surface area contributed by atoms with Crippen LogP contribution in [0, 0.1) is 0 Å². The van der Waals surface area contributed by atoms with Crippen molar-refractivity contribution >= 4 is 23.6 Å². The zero-order valence-electron chi connectivity index (χ0n) is 11.3. The molecular weight excluding hydrogens is 266 g/mol. The molecule has 1 N–H and O–H groups in total. The highest BCUT2D eigenvalue weighted by molar-refractivity contribution is 6.33. The van der Waals surface area contributed by atoms with Gasteiger partial charge in [0.15, 0.2) is 6.29 Å². The molecule has 0 heterocycles. The molecule has 0 saturated heterocycles. The first-order valence-electron chi connectivity index (χ1n) is 6.30. The number of nitrogens with zero attached hydrogens (tertiary/aromatic N) is 1. The van der Waals surface area contributed by atoms with Crippen LogP contribution in [0.3, 0.4) is 0 Å². The molecule has 0 aromatic heterocycles. The monoisotopic (exact) mass is 285 g/mol. The van der Waals surface area contributed by atoms with Crippen molar-refractivity contribution in [1.82, 2.24) is 0 Å². The maximum Gasteiger partial charge on any atom is 0.151 e. The molecule has 19 heavy (non-hydrogen) atoms. The van der Waals surface area contributed by atoms with Gasteiger partial charge in [-0.3, -0.25) is 4.79 Å². The fourth-order valence-corrected chi connectivity index (χ4v) is 2.02. The van der Waals surface area contributed by atoms with Crippen molar-refractivity contribution in [3.05, 3.63) is 28.8 Å². The van der Waals surface area contributed by atoms with Gasteiger partial charge >= 0.3 is 0 Å². The van der Waals surface area contributed by atoms with Gasteiger partial charge in [-0.1, -0.05) is 11.6 Å². The molecule has 0 fully saturated rings. The van der Waals surface area contributed by atoms with Crippen LogP contribution in [0.2, 0.25) is 5.02 Å². The number of aldehydes is 1. The van der Waals surface area contributed by atoms with E-state index in [0.717, 1.165) is 12.0 Å². The molecule has 0 radical (unpaired) electrons. The van der Waals surface area contributed by atoms with E-state index in [0.29, 0.717) is 30.3 Å². The summed E-state index contributed by atoms with van der Waals surface area (Å²) in [5, 5.41) is 9.12. The third-order valence-corrected chi connectivity index (χ3v) is 3.11. The maximum absolute atomic E-state index is 10.7. The number of anilines is 1. The van der Waals surface area contributed by atoms with Crippen LogP contribution < -0.4 is 4.90 Å². The Bertz CT molecular complexity index is 410. The van der Waals surface area contributed by atoms with Gasteiger partial charge in [-0.15, -0.1) is 0 Å². The first kappa shape index (κ1) is 16.0. The molecule has 106 valence electrons. The van der Waals surface area contributed by atoms with Crippen LogP contribution >= 0.6 is 11.6 Å². The van der Waals surface area contributed by atoms with Crippen molar-refractivity contribution in [2.45, 2.75) is 19.9 Å². The van der Waals surface area contributed by atoms with Crippen molar-refractivity contribution in [2.75, 3.05) is 31.3 Å². The van der Waals surface area contributed by atoms with E-state index in [1.165, 1.54) is 0 Å². The van der Waals surface area contributed by atoms with Gasteiger partial charge in [0, 0.05) is 23.8 Å². The third kappa shape index (κ3) is 4.82. The van der Waals surface area contributed by atoms with E-state index in [2.05, 4.69) is 18.7 Å². The molecule has 1 rings (SSSR count). The first-order valence-corrected chi connectivity index (χ1v) is 6.68. The normalized spacial score (nSPS) is 10.8. The molecule has 0 atom stereocenters. The van der Waals surface area contributed by atoms with Crippen molar-refractivity contribution < 1.29 is 14.6 Å². The lowest BCUT2D eigenvalue weighted by atomic mass is 10.2. The highest BCUT2D eigenvalue weighted by Gasteiger charge is 2.12. The summed E-state index contributed by atoms with van der Waals surface area (Å²) in [5.41, 5.74) is 1.45. The Hall–Kier alpha value is -1.10. The second-order valence-electron chi connectivity index (χ2n) is 4.45. The quantitative estimate of drug-likeness (QED) is 0.588. The number of benzene rings is 1. The van der Waals surface area contributed by atoms with Gasteiger partial charge in [0.1, 0.15) is 0 Å². The molecule has 0 aliphatic rings. The van der Waals surface area contributed by atoms with Gasteiger partial charge in [0.05, 0.1) is 24.8 Å². The van der Waals surface area contributed by atoms with Gasteiger partial charge < -0.3 is 14.7 Å². The summed E-state index contributed by atoms with van der Waals surface area (Å²) < 4.78 is 5.28. The Morgan fingerprint density at radius 2 is 2.16 bits per heavy atom. The van der Waals surface area contributed by atoms with Crippen LogP contribution in [0.1, 0.15) is 24.2 Å². The molecular formula is C14H20ClNO3. The van der Waals surface area contributed by atoms with E-state index < -0.39 is 0 Å². The number of carbonyl (C=O) groups excluding carboxylic acids is 1. The van der Waals surface area contributed by atoms with Crippen LogP contribution in [0.4, 0.5) is 5.69 Å². The fraction of sp³-hybridized carbons (Fsp3) is 0.500. The molecule has 0 saturated carbocycles. The summed E-state index contributed by atoms with van der Waals surface area (Å²) in [7, 11) is 0. The van der Waals surface area contributed by atoms with E-state index in [9.17, 15) is 4.79 Å². The lowest BCUT2D eigenvalue weighted by molar-refractivity contribution is 0.0961. The maximum atomic E-state index is 10.7. The molecule has 0 amide bonds. The smallest absolute Gasteiger partial charge is 0.151 e. The summed E-state index contributed by atoms with van der Waals surface area (Å²) in [5.74, 6) is 0. The molecule has 4 nitrogen and oxygen atoms in total. The SMILES string of the molecule is CC(C)N(CCOCCO)c1ccc(C=O)c(Cl)c1. The highest BCUT2D eigenvalue weighted by atomic mass is 35.5. The average molecular weight is 286 g/mol. The third-order valence-electron chi connectivity index (χ3n) is 2.78. The molecule has 0 unspecified atom stereocenters. The largest absolute Gasteiger partial charge is 0.394 e. The van der Waals surface area contributed by atoms with E-state index in [1.54, 1.807) is 12.1 Å². The molecule has 0 bridgehead atoms. The Morgan fingerprint density at radius 1 is 1.42 bits per heavy atom. The Morgan fingerprint density at radius 3 is 2.68 bits per heavy atom. The minimum atomic E-state index is 0.0293. The van der Waals surface area contributed by atoms with Gasteiger partial charge in [0.25, 0.3) is 0 Å². The number of aliphatic hydroxyl groups excluding tert-OH is 1. The molecule has 0 aliphatic heterocycles. The molecule has 0 aliphatic carbocycles. The van der Waals surface area contributed by atoms with Crippen molar-refractivity contribution in [2.24, 2.45) is 0 Å². The number of hydrogen-bond acceptors (Lipinski definition) is 4. The molecule has 5 heteroatoms. The second kappa shape index (κ2) is 8.15. The van der Waals surface area contributed by atoms with Crippen molar-refractivity contribution in [3.63, 3.8) is 0 Å². The summed E-state index contributed by atoms with van der Waals surface area (Å²) in [6.45, 7) is 5.76. The molecule has 0 spiro atoms. The highest BCUT2D eigenvalue weighted by Crippen LogP contribution is 2.24. The predicted molar refractivity (Wildman–Crippen MR) is 77.2 cm³/mol. The number of ether oxygens (including phenoxy) is 1. The number of aliphatic hydroxyl groups is 1. The van der Waals surface area contributed by atoms with Gasteiger partial charge in [-0.05, 0) is 32.0 Å². The summed E-state index contributed by atoms with van der Waals surface area (Å²) >= 11 is 6.04. The van der Waals surface area contributed by atoms with Crippen LogP contribution in [0.15, 0.2) is 18.2 Å². The number of halogens is 1. The number of carbonyl (C=O) groups is 1. The lowest BCUT2D eigenvalue weighted by Gasteiger charge is -2.29. The summed E-state index contributed by atoms with van der Waals surface area (Å²) in [4.78, 5) is 12.9. The fourth-order valence-electron chi connectivity index (χ4n) is 1.81. The van der Waals surface area contributed by atoms with Gasteiger partial charge in [-0.25, -0.2) is 0 Å². The molecule has 1 aromatic carbocycles. The number of rotatable bonds is 8. The number of hydrogen-bond donors (Lipinski definition) is 1. The van der Waals surface area contributed by atoms with Gasteiger partial charge in [0.2, 0.25) is 0 Å². The van der Waals surface area contributed by atoms with E-state index in [4.69, 9.17) is 21.4 Å². The summed E-state index contributed by atoms with van der Waals surface area (Å²) in [6, 6.07) is 5.67. The minimum Gasteiger partial charge on any atom is -0.394 e. The first-order chi connectivity index (χ1) is 9.10. The van der Waals surface area contributed by atoms with E-state index in [-0.39, 0.29) is 12.6 Å². The Balaban J connectivity index is 2.75. The standard InChI is InChI=1S/C14H20ClNO3/c1-11(2)16(5-7-19-8-6-17)13-4-3-12(10-18)14(15)9-13/h3-4,9-11,17H,5-8H2,1-2H3. The van der Waals surface area contributed by atoms with Crippen LogP contribution in [0.5, 0.6) is 0 Å². The van der Waals surface area contributed by atoms with Gasteiger partial charge in [-0.2, -0.15) is 0 Å². The topological polar surface area (TPSA) is 49.8 Å². The van der Waals surface area contributed by atoms with Crippen molar-refractivity contribution in [3.8, 4) is 0 Å². The Labute approximate surface area is 118 Å². The average Bonchev–Trinajstić information content (AvgIpc) is 2.38. The summed E-state index contributed by atoms with van der Waals surface area (Å²) in [6.07, 6.45) is 0.746. The van der Waals surface area contributed by atoms with Crippen LogP contribution in [0.25, 0.3) is 0 Å².